The Bertz CT molecular complexity index is 2820. The fourth-order valence-corrected chi connectivity index (χ4v) is 19.7. The Hall–Kier alpha value is -2.03. The van der Waals surface area contributed by atoms with Crippen molar-refractivity contribution in [2.75, 3.05) is 40.1 Å². The Labute approximate surface area is 572 Å². The van der Waals surface area contributed by atoms with Crippen LogP contribution >= 0.6 is 0 Å². The molecule has 33 nitrogen and oxygen atoms in total. The molecule has 17 N–H and O–H groups in total. The van der Waals surface area contributed by atoms with Gasteiger partial charge in [-0.3, -0.25) is 4.79 Å². The van der Waals surface area contributed by atoms with E-state index in [4.69, 9.17) is 71.1 Å². The molecule has 568 valence electrons. The number of methoxy groups -OCH3 is 1. The first kappa shape index (κ1) is 76.6. The average Bonchev–Trinajstić information content (AvgIpc) is 1.51. The lowest BCUT2D eigenvalue weighted by atomic mass is 9.40. The van der Waals surface area contributed by atoms with E-state index in [-0.39, 0.29) is 29.8 Å². The van der Waals surface area contributed by atoms with E-state index in [9.17, 15) is 91.6 Å². The summed E-state index contributed by atoms with van der Waals surface area (Å²) in [7, 11) is 1.16. The summed E-state index contributed by atoms with van der Waals surface area (Å²) in [4.78, 5) is 14.8. The van der Waals surface area contributed by atoms with Gasteiger partial charge in [0.15, 0.2) is 37.7 Å². The smallest absolute Gasteiger partial charge is 0.316 e. The van der Waals surface area contributed by atoms with Gasteiger partial charge in [-0.15, -0.1) is 0 Å². The van der Waals surface area contributed by atoms with Gasteiger partial charge in [0.1, 0.15) is 145 Å². The predicted octanol–water partition coefficient (Wildman–Crippen LogP) is -5.56. The van der Waals surface area contributed by atoms with Crippen LogP contribution in [0.2, 0.25) is 0 Å². The monoisotopic (exact) mass is 1430 g/mol. The third-order valence-electron chi connectivity index (χ3n) is 25.2. The van der Waals surface area contributed by atoms with E-state index >= 15 is 0 Å². The Morgan fingerprint density at radius 2 is 0.990 bits per heavy atom. The molecule has 0 radical (unpaired) electrons. The number of aliphatic hydroxyl groups is 17. The zero-order chi connectivity index (χ0) is 71.9. The second-order valence-electron chi connectivity index (χ2n) is 31.5. The highest BCUT2D eigenvalue weighted by Crippen LogP contribution is 2.76. The lowest BCUT2D eigenvalue weighted by molar-refractivity contribution is -0.398. The topological polar surface area (TPSA) is 499 Å². The van der Waals surface area contributed by atoms with Gasteiger partial charge in [-0.25, -0.2) is 0 Å². The van der Waals surface area contributed by atoms with Crippen molar-refractivity contribution in [2.24, 2.45) is 39.4 Å². The molecule has 99 heavy (non-hydrogen) atoms. The van der Waals surface area contributed by atoms with Gasteiger partial charge in [0.2, 0.25) is 0 Å². The summed E-state index contributed by atoms with van der Waals surface area (Å²) in [6.07, 6.45) is -46.2. The SMILES string of the molecule is CO[C@@H]1[C@@H](O)[C@H](O[C@@H]2[C@@H](O)[C@H](O[C@H]3[C@H](O)[C@@H](O)[C@H](O[C@H]4[C@H](O[C@H]5CC[C@]6(C)C7=C[C@@H](O)[C@]89C(=O)O[C@@](C)(C%10CCC(C)(C)O%10)[C@H]8CC[C@@]9(C)[C@@H]7CC[C@H]6C5(C)C)OC[C@@H](O[C@@H]5O[C@H](CO)[C@@H](O[C@@H]6O[C@H](C)[C@@H](O)[C@H](O)[C@H]6O)[C@H](O)[C@H]5O)[C@@H]4O)O[C@@H]3CO)O[C@H](CO)[C@H]2O)O[C@H](CO)[C@H]1O. The molecule has 33 heteroatoms. The molecule has 4 aliphatic carbocycles. The van der Waals surface area contributed by atoms with E-state index in [1.165, 1.54) is 6.92 Å². The Morgan fingerprint density at radius 1 is 0.475 bits per heavy atom. The molecule has 0 amide bonds. The van der Waals surface area contributed by atoms with Gasteiger partial charge in [-0.2, -0.15) is 0 Å². The summed E-state index contributed by atoms with van der Waals surface area (Å²) >= 11 is 0. The third-order valence-corrected chi connectivity index (χ3v) is 25.2. The zero-order valence-corrected chi connectivity index (χ0v) is 57.1. The van der Waals surface area contributed by atoms with Gasteiger partial charge in [0, 0.05) is 13.0 Å². The molecule has 8 aliphatic heterocycles. The van der Waals surface area contributed by atoms with Crippen molar-refractivity contribution in [1.29, 1.82) is 0 Å². The molecule has 11 fully saturated rings. The van der Waals surface area contributed by atoms with Crippen LogP contribution in [0.15, 0.2) is 11.6 Å². The molecule has 0 aromatic carbocycles. The average molecular weight is 1430 g/mol. The Kier molecular flexibility index (Phi) is 22.1. The summed E-state index contributed by atoms with van der Waals surface area (Å²) in [6.45, 7) is 11.8. The maximum atomic E-state index is 14.8. The second-order valence-corrected chi connectivity index (χ2v) is 31.5. The van der Waals surface area contributed by atoms with E-state index in [1.54, 1.807) is 0 Å². The van der Waals surface area contributed by atoms with E-state index in [1.807, 2.05) is 26.8 Å². The third kappa shape index (κ3) is 12.6. The standard InChI is InChI=1S/C66H106O33/c1-24-37(72)41(76)44(79)54(87-24)94-49-29(21-69)90-55(45(80)42(49)77)92-31-23-86-59(93-35-14-16-63(6)26-18-34(71)66-33(65(8,99-60(66)84)36-13-15-61(2,3)98-36)12-17-64(66,7)25(26)10-11-32(63)62(35,4)5)53(40(31)75)97-56-46(81)43(78)50(30(22-70)91-56)95-58-48(83)52(39(74)28(20-68)89-58)96-57-47(82)51(85-9)38(73)27(19-67)88-57/h18,24-25,27-59,67-83H,10-17,19-23H2,1-9H3/t24-,25-,27-,28-,29-,30-,31-,32+,33-,34-,35+,36?,37-,38-,39-,40+,41+,42-,43-,44-,45-,46-,47-,48-,49-,50-,51+,52+,53-,54+,55+,56+,57+,58+,59+,63-,64+,65-,66+/m1/s1. The highest BCUT2D eigenvalue weighted by atomic mass is 16.8. The summed E-state index contributed by atoms with van der Waals surface area (Å²) in [6, 6.07) is 0. The number of hydrogen-bond donors (Lipinski definition) is 17. The number of cyclic esters (lactones) is 1. The number of hydrogen-bond acceptors (Lipinski definition) is 33. The number of esters is 1. The van der Waals surface area contributed by atoms with Crippen LogP contribution in [0.5, 0.6) is 0 Å². The Morgan fingerprint density at radius 3 is 1.56 bits per heavy atom. The highest BCUT2D eigenvalue weighted by Gasteiger charge is 2.80. The van der Waals surface area contributed by atoms with Crippen molar-refractivity contribution < 1.29 is 163 Å². The van der Waals surface area contributed by atoms with Gasteiger partial charge >= 0.3 is 5.97 Å². The molecule has 39 atom stereocenters. The molecule has 12 rings (SSSR count). The Balaban J connectivity index is 0.787. The van der Waals surface area contributed by atoms with Gasteiger partial charge in [-0.1, -0.05) is 39.3 Å². The summed E-state index contributed by atoms with van der Waals surface area (Å²) in [5, 5.41) is 190. The minimum atomic E-state index is -2.18. The molecular formula is C66H106O33. The molecule has 8 saturated heterocycles. The number of carbonyl (C=O) groups excluding carboxylic acids is 1. The maximum absolute atomic E-state index is 14.8. The molecule has 1 unspecified atom stereocenters. The van der Waals surface area contributed by atoms with E-state index < -0.39 is 256 Å². The molecule has 0 aromatic heterocycles. The van der Waals surface area contributed by atoms with Crippen molar-refractivity contribution >= 4 is 5.97 Å². The number of rotatable bonds is 18. The second kappa shape index (κ2) is 28.6. The van der Waals surface area contributed by atoms with Crippen LogP contribution in [0, 0.1) is 39.4 Å². The van der Waals surface area contributed by atoms with Gasteiger partial charge in [-0.05, 0) is 107 Å². The molecule has 12 aliphatic rings. The van der Waals surface area contributed by atoms with Crippen molar-refractivity contribution in [1.82, 2.24) is 0 Å². The minimum absolute atomic E-state index is 0.0891. The van der Waals surface area contributed by atoms with E-state index in [0.717, 1.165) is 25.5 Å². The molecule has 8 heterocycles. The summed E-state index contributed by atoms with van der Waals surface area (Å²) < 4.78 is 90.9. The van der Waals surface area contributed by atoms with Crippen molar-refractivity contribution in [3.63, 3.8) is 0 Å². The number of aliphatic hydroxyl groups excluding tert-OH is 17. The lowest BCUT2D eigenvalue weighted by Crippen LogP contribution is -2.68. The van der Waals surface area contributed by atoms with Crippen LogP contribution in [0.3, 0.4) is 0 Å². The largest absolute Gasteiger partial charge is 0.456 e. The van der Waals surface area contributed by atoms with E-state index in [0.29, 0.717) is 38.5 Å². The fraction of sp³-hybridized carbons (Fsp3) is 0.955. The molecule has 0 aromatic rings. The van der Waals surface area contributed by atoms with Gasteiger partial charge < -0.3 is 158 Å². The van der Waals surface area contributed by atoms with Crippen molar-refractivity contribution in [3.8, 4) is 0 Å². The van der Waals surface area contributed by atoms with E-state index in [2.05, 4.69) is 27.7 Å². The van der Waals surface area contributed by atoms with Crippen LogP contribution in [0.1, 0.15) is 107 Å². The molecule has 0 bridgehead atoms. The number of ether oxygens (including phenoxy) is 15. The first-order valence-electron chi connectivity index (χ1n) is 34.9. The first-order valence-corrected chi connectivity index (χ1v) is 34.9. The van der Waals surface area contributed by atoms with Crippen LogP contribution in [0.25, 0.3) is 0 Å². The fourth-order valence-electron chi connectivity index (χ4n) is 19.7. The van der Waals surface area contributed by atoms with Crippen LogP contribution in [0.4, 0.5) is 0 Å². The maximum Gasteiger partial charge on any atom is 0.316 e. The summed E-state index contributed by atoms with van der Waals surface area (Å²) in [5.74, 6) is -0.905. The normalized spacial score (nSPS) is 54.9. The number of allylic oxidation sites excluding steroid dienone is 1. The molecular weight excluding hydrogens is 1320 g/mol. The first-order chi connectivity index (χ1) is 46.6. The van der Waals surface area contributed by atoms with Crippen LogP contribution in [-0.4, -0.2) is 341 Å². The molecule has 1 spiro atoms. The molecule has 3 saturated carbocycles. The van der Waals surface area contributed by atoms with Crippen molar-refractivity contribution in [2.45, 2.75) is 314 Å². The highest BCUT2D eigenvalue weighted by molar-refractivity contribution is 5.84. The zero-order valence-electron chi connectivity index (χ0n) is 57.1. The predicted molar refractivity (Wildman–Crippen MR) is 327 cm³/mol. The van der Waals surface area contributed by atoms with Crippen molar-refractivity contribution in [3.05, 3.63) is 11.6 Å². The quantitative estimate of drug-likeness (QED) is 0.0346. The van der Waals surface area contributed by atoms with Crippen LogP contribution < -0.4 is 0 Å². The number of fused-ring (bicyclic) bond motifs is 4. The van der Waals surface area contributed by atoms with Gasteiger partial charge in [0.05, 0.1) is 63.1 Å². The number of carbonyl (C=O) groups is 1. The summed E-state index contributed by atoms with van der Waals surface area (Å²) in [5.41, 5.74) is -3.41. The minimum Gasteiger partial charge on any atom is -0.456 e. The lowest BCUT2D eigenvalue weighted by Gasteiger charge is -2.64. The van der Waals surface area contributed by atoms with Gasteiger partial charge in [0.25, 0.3) is 0 Å². The van der Waals surface area contributed by atoms with Crippen LogP contribution in [-0.2, 0) is 75.8 Å².